The van der Waals surface area contributed by atoms with E-state index in [1.807, 2.05) is 30.3 Å². The molecule has 2 aliphatic heterocycles. The van der Waals surface area contributed by atoms with E-state index in [2.05, 4.69) is 24.5 Å². The summed E-state index contributed by atoms with van der Waals surface area (Å²) in [7, 11) is 0. The molecule has 31 heavy (non-hydrogen) atoms. The fourth-order valence-corrected chi connectivity index (χ4v) is 3.81. The Morgan fingerprint density at radius 1 is 1.00 bits per heavy atom. The Kier molecular flexibility index (Phi) is 7.06. The molecule has 2 aromatic carbocycles. The first-order valence-electron chi connectivity index (χ1n) is 10.9. The Morgan fingerprint density at radius 3 is 2.45 bits per heavy atom. The van der Waals surface area contributed by atoms with Crippen molar-refractivity contribution in [2.45, 2.75) is 44.6 Å². The number of amides is 1. The highest BCUT2D eigenvalue weighted by Crippen LogP contribution is 2.29. The SMILES string of the molecule is CC(C)CCN[C@H]1CO[C@H]2[C@@H]1OC[C@H]2OC(=O)Nc1ccc(Oc2ccccc2)cc1. The number of benzene rings is 2. The van der Waals surface area contributed by atoms with E-state index in [4.69, 9.17) is 18.9 Å². The van der Waals surface area contributed by atoms with Crippen molar-refractivity contribution in [3.63, 3.8) is 0 Å². The highest BCUT2D eigenvalue weighted by Gasteiger charge is 2.49. The van der Waals surface area contributed by atoms with Crippen LogP contribution >= 0.6 is 0 Å². The summed E-state index contributed by atoms with van der Waals surface area (Å²) >= 11 is 0. The number of ether oxygens (including phenoxy) is 4. The zero-order valence-corrected chi connectivity index (χ0v) is 18.0. The van der Waals surface area contributed by atoms with Crippen molar-refractivity contribution in [3.05, 3.63) is 54.6 Å². The van der Waals surface area contributed by atoms with Crippen LogP contribution < -0.4 is 15.4 Å². The normalized spacial score (nSPS) is 24.7. The summed E-state index contributed by atoms with van der Waals surface area (Å²) in [4.78, 5) is 12.4. The molecule has 2 saturated heterocycles. The van der Waals surface area contributed by atoms with Gasteiger partial charge < -0.3 is 24.3 Å². The maximum Gasteiger partial charge on any atom is 0.412 e. The molecule has 166 valence electrons. The van der Waals surface area contributed by atoms with E-state index in [0.717, 1.165) is 18.7 Å². The fraction of sp³-hybridized carbons (Fsp3) is 0.458. The molecular weight excluding hydrogens is 396 g/mol. The van der Waals surface area contributed by atoms with Gasteiger partial charge in [-0.15, -0.1) is 0 Å². The van der Waals surface area contributed by atoms with E-state index in [9.17, 15) is 4.79 Å². The number of carbonyl (C=O) groups is 1. The Balaban J connectivity index is 1.24. The number of nitrogens with one attached hydrogen (secondary N) is 2. The predicted molar refractivity (Wildman–Crippen MR) is 118 cm³/mol. The number of hydrogen-bond donors (Lipinski definition) is 2. The van der Waals surface area contributed by atoms with Crippen LogP contribution in [0.3, 0.4) is 0 Å². The smallest absolute Gasteiger partial charge is 0.412 e. The molecule has 2 aromatic rings. The molecule has 2 heterocycles. The van der Waals surface area contributed by atoms with Crippen molar-refractivity contribution in [1.29, 1.82) is 0 Å². The molecule has 0 aliphatic carbocycles. The second-order valence-electron chi connectivity index (χ2n) is 8.35. The first-order valence-corrected chi connectivity index (χ1v) is 10.9. The Morgan fingerprint density at radius 2 is 1.71 bits per heavy atom. The Bertz CT molecular complexity index is 843. The van der Waals surface area contributed by atoms with Crippen LogP contribution in [0.5, 0.6) is 11.5 Å². The lowest BCUT2D eigenvalue weighted by atomic mass is 10.1. The molecule has 1 amide bonds. The minimum Gasteiger partial charge on any atom is -0.457 e. The van der Waals surface area contributed by atoms with Crippen LogP contribution in [0.4, 0.5) is 10.5 Å². The molecule has 0 saturated carbocycles. The molecule has 0 spiro atoms. The Labute approximate surface area is 183 Å². The summed E-state index contributed by atoms with van der Waals surface area (Å²) in [6, 6.07) is 16.8. The summed E-state index contributed by atoms with van der Waals surface area (Å²) in [6.45, 7) is 6.24. The summed E-state index contributed by atoms with van der Waals surface area (Å²) < 4.78 is 23.1. The second-order valence-corrected chi connectivity index (χ2v) is 8.35. The third-order valence-corrected chi connectivity index (χ3v) is 5.47. The predicted octanol–water partition coefficient (Wildman–Crippen LogP) is 4.20. The van der Waals surface area contributed by atoms with E-state index in [1.165, 1.54) is 0 Å². The molecule has 0 bridgehead atoms. The van der Waals surface area contributed by atoms with Crippen molar-refractivity contribution in [1.82, 2.24) is 5.32 Å². The van der Waals surface area contributed by atoms with Crippen molar-refractivity contribution in [2.24, 2.45) is 5.92 Å². The zero-order valence-electron chi connectivity index (χ0n) is 18.0. The van der Waals surface area contributed by atoms with Gasteiger partial charge in [-0.1, -0.05) is 32.0 Å². The van der Waals surface area contributed by atoms with Crippen LogP contribution in [-0.4, -0.2) is 50.2 Å². The molecule has 2 aliphatic rings. The van der Waals surface area contributed by atoms with Gasteiger partial charge in [-0.25, -0.2) is 4.79 Å². The van der Waals surface area contributed by atoms with Crippen LogP contribution in [0.15, 0.2) is 54.6 Å². The third-order valence-electron chi connectivity index (χ3n) is 5.47. The van der Waals surface area contributed by atoms with Crippen molar-refractivity contribution >= 4 is 11.8 Å². The molecule has 4 atom stereocenters. The summed E-state index contributed by atoms with van der Waals surface area (Å²) in [5.41, 5.74) is 0.626. The van der Waals surface area contributed by atoms with Gasteiger partial charge in [0.05, 0.1) is 19.3 Å². The van der Waals surface area contributed by atoms with Crippen LogP contribution in [0.25, 0.3) is 0 Å². The van der Waals surface area contributed by atoms with E-state index < -0.39 is 12.2 Å². The van der Waals surface area contributed by atoms with E-state index in [0.29, 0.717) is 30.6 Å². The molecule has 0 unspecified atom stereocenters. The molecule has 2 N–H and O–H groups in total. The number of carbonyl (C=O) groups excluding carboxylic acids is 1. The monoisotopic (exact) mass is 426 g/mol. The maximum absolute atomic E-state index is 12.4. The summed E-state index contributed by atoms with van der Waals surface area (Å²) in [5.74, 6) is 2.09. The standard InChI is InChI=1S/C24H30N2O5/c1-16(2)12-13-25-20-14-28-23-21(15-29-22(20)23)31-24(27)26-17-8-10-19(11-9-17)30-18-6-4-3-5-7-18/h3-11,16,20-23,25H,12-15H2,1-2H3,(H,26,27)/t20-,21+,22+,23+/m0/s1. The largest absolute Gasteiger partial charge is 0.457 e. The second kappa shape index (κ2) is 10.1. The van der Waals surface area contributed by atoms with Gasteiger partial charge in [0.15, 0.2) is 6.10 Å². The van der Waals surface area contributed by atoms with Gasteiger partial charge in [0.1, 0.15) is 23.7 Å². The van der Waals surface area contributed by atoms with Crippen LogP contribution in [-0.2, 0) is 14.2 Å². The quantitative estimate of drug-likeness (QED) is 0.659. The minimum absolute atomic E-state index is 0.0839. The van der Waals surface area contributed by atoms with Crippen molar-refractivity contribution < 1.29 is 23.7 Å². The van der Waals surface area contributed by atoms with E-state index >= 15 is 0 Å². The zero-order chi connectivity index (χ0) is 21.6. The number of para-hydroxylation sites is 1. The van der Waals surface area contributed by atoms with Crippen LogP contribution in [0.2, 0.25) is 0 Å². The molecule has 4 rings (SSSR count). The van der Waals surface area contributed by atoms with Gasteiger partial charge >= 0.3 is 6.09 Å². The molecular formula is C24H30N2O5. The molecule has 0 radical (unpaired) electrons. The number of anilines is 1. The summed E-state index contributed by atoms with van der Waals surface area (Å²) in [6.07, 6.45) is -0.150. The first-order chi connectivity index (χ1) is 15.1. The van der Waals surface area contributed by atoms with Gasteiger partial charge in [0.25, 0.3) is 0 Å². The lowest BCUT2D eigenvalue weighted by Gasteiger charge is -2.18. The van der Waals surface area contributed by atoms with Gasteiger partial charge in [-0.3, -0.25) is 5.32 Å². The Hall–Kier alpha value is -2.61. The van der Waals surface area contributed by atoms with Gasteiger partial charge in [-0.05, 0) is 55.3 Å². The number of fused-ring (bicyclic) bond motifs is 1. The molecule has 2 fully saturated rings. The third kappa shape index (κ3) is 5.76. The molecule has 0 aromatic heterocycles. The van der Waals surface area contributed by atoms with Crippen molar-refractivity contribution in [2.75, 3.05) is 25.1 Å². The van der Waals surface area contributed by atoms with Crippen LogP contribution in [0, 0.1) is 5.92 Å². The summed E-state index contributed by atoms with van der Waals surface area (Å²) in [5, 5.41) is 6.26. The average Bonchev–Trinajstić information content (AvgIpc) is 3.33. The average molecular weight is 427 g/mol. The highest BCUT2D eigenvalue weighted by molar-refractivity contribution is 5.84. The van der Waals surface area contributed by atoms with Gasteiger partial charge in [0, 0.05) is 5.69 Å². The minimum atomic E-state index is -0.522. The topological polar surface area (TPSA) is 78.0 Å². The van der Waals surface area contributed by atoms with Crippen LogP contribution in [0.1, 0.15) is 20.3 Å². The number of hydrogen-bond acceptors (Lipinski definition) is 6. The highest BCUT2D eigenvalue weighted by atomic mass is 16.6. The maximum atomic E-state index is 12.4. The number of rotatable bonds is 8. The van der Waals surface area contributed by atoms with Gasteiger partial charge in [0.2, 0.25) is 0 Å². The van der Waals surface area contributed by atoms with E-state index in [1.54, 1.807) is 24.3 Å². The van der Waals surface area contributed by atoms with Gasteiger partial charge in [-0.2, -0.15) is 0 Å². The van der Waals surface area contributed by atoms with Crippen molar-refractivity contribution in [3.8, 4) is 11.5 Å². The van der Waals surface area contributed by atoms with E-state index in [-0.39, 0.29) is 18.2 Å². The molecule has 7 heteroatoms. The lowest BCUT2D eigenvalue weighted by Crippen LogP contribution is -2.42. The lowest BCUT2D eigenvalue weighted by molar-refractivity contribution is 0.00856. The fourth-order valence-electron chi connectivity index (χ4n) is 3.81. The first kappa shape index (κ1) is 21.6. The molecule has 7 nitrogen and oxygen atoms in total.